The Morgan fingerprint density at radius 3 is 2.19 bits per heavy atom. The number of carboxylic acids is 1. The molecule has 0 aromatic heterocycles. The fourth-order valence-corrected chi connectivity index (χ4v) is 4.21. The summed E-state index contributed by atoms with van der Waals surface area (Å²) in [4.78, 5) is 23.3. The molecule has 4 nitrogen and oxygen atoms in total. The number of aliphatic carboxylic acids is 1. The molecule has 3 aliphatic carbocycles. The first-order valence-electron chi connectivity index (χ1n) is 5.57. The van der Waals surface area contributed by atoms with Gasteiger partial charge in [-0.1, -0.05) is 20.8 Å². The van der Waals surface area contributed by atoms with Crippen LogP contribution in [0.4, 0.5) is 0 Å². The number of ether oxygens (including phenoxy) is 1. The van der Waals surface area contributed by atoms with E-state index in [1.807, 2.05) is 20.8 Å². The van der Waals surface area contributed by atoms with Crippen LogP contribution in [0.3, 0.4) is 0 Å². The van der Waals surface area contributed by atoms with Crippen LogP contribution in [0.2, 0.25) is 0 Å². The fraction of sp³-hybridized carbons (Fsp3) is 0.833. The standard InChI is InChI=1S/C12H18O4/c1-10(2)11(3)5-6-12(10,9(15)16-4)7(11)8(13)14/h7H,5-6H2,1-4H3,(H,13,14). The number of hydrogen-bond donors (Lipinski definition) is 1. The van der Waals surface area contributed by atoms with Crippen LogP contribution in [0.1, 0.15) is 33.6 Å². The Labute approximate surface area is 95.0 Å². The van der Waals surface area contributed by atoms with E-state index in [1.54, 1.807) is 0 Å². The van der Waals surface area contributed by atoms with Gasteiger partial charge in [-0.2, -0.15) is 0 Å². The maximum atomic E-state index is 12.0. The van der Waals surface area contributed by atoms with Gasteiger partial charge in [-0.15, -0.1) is 0 Å². The van der Waals surface area contributed by atoms with Crippen molar-refractivity contribution in [3.05, 3.63) is 0 Å². The van der Waals surface area contributed by atoms with Gasteiger partial charge >= 0.3 is 11.9 Å². The van der Waals surface area contributed by atoms with Crippen LogP contribution in [0.25, 0.3) is 0 Å². The van der Waals surface area contributed by atoms with Crippen molar-refractivity contribution in [2.45, 2.75) is 33.6 Å². The van der Waals surface area contributed by atoms with Crippen molar-refractivity contribution >= 4 is 11.9 Å². The van der Waals surface area contributed by atoms with Crippen LogP contribution in [0, 0.1) is 22.2 Å². The zero-order valence-electron chi connectivity index (χ0n) is 10.2. The predicted molar refractivity (Wildman–Crippen MR) is 56.7 cm³/mol. The van der Waals surface area contributed by atoms with E-state index in [2.05, 4.69) is 0 Å². The molecule has 0 saturated heterocycles. The highest BCUT2D eigenvalue weighted by atomic mass is 16.5. The molecule has 3 rings (SSSR count). The highest BCUT2D eigenvalue weighted by Gasteiger charge is 2.83. The van der Waals surface area contributed by atoms with Crippen LogP contribution in [-0.2, 0) is 14.3 Å². The van der Waals surface area contributed by atoms with Gasteiger partial charge in [0, 0.05) is 0 Å². The molecule has 4 heteroatoms. The van der Waals surface area contributed by atoms with E-state index in [1.165, 1.54) is 7.11 Å². The first-order chi connectivity index (χ1) is 7.25. The number of esters is 1. The van der Waals surface area contributed by atoms with Crippen molar-refractivity contribution < 1.29 is 19.4 Å². The molecule has 16 heavy (non-hydrogen) atoms. The molecule has 0 amide bonds. The average molecular weight is 226 g/mol. The summed E-state index contributed by atoms with van der Waals surface area (Å²) in [7, 11) is 1.33. The first-order valence-corrected chi connectivity index (χ1v) is 5.57. The minimum atomic E-state index is -0.871. The molecule has 3 unspecified atom stereocenters. The van der Waals surface area contributed by atoms with Crippen molar-refractivity contribution in [2.24, 2.45) is 22.2 Å². The molecular weight excluding hydrogens is 208 g/mol. The third-order valence-electron chi connectivity index (χ3n) is 5.51. The summed E-state index contributed by atoms with van der Waals surface area (Å²) in [6, 6.07) is 0. The molecule has 0 aliphatic heterocycles. The quantitative estimate of drug-likeness (QED) is 0.728. The van der Waals surface area contributed by atoms with Gasteiger partial charge in [0.25, 0.3) is 0 Å². The number of hydrogen-bond acceptors (Lipinski definition) is 3. The van der Waals surface area contributed by atoms with Gasteiger partial charge in [0.2, 0.25) is 0 Å². The summed E-state index contributed by atoms with van der Waals surface area (Å²) in [6.45, 7) is 5.94. The Morgan fingerprint density at radius 2 is 1.81 bits per heavy atom. The van der Waals surface area contributed by atoms with E-state index < -0.39 is 17.3 Å². The average Bonchev–Trinajstić information content (AvgIpc) is 2.63. The van der Waals surface area contributed by atoms with Gasteiger partial charge in [-0.3, -0.25) is 9.59 Å². The molecule has 2 bridgehead atoms. The Balaban J connectivity index is 2.52. The second-order valence-corrected chi connectivity index (χ2v) is 5.78. The van der Waals surface area contributed by atoms with Crippen molar-refractivity contribution in [1.29, 1.82) is 0 Å². The van der Waals surface area contributed by atoms with E-state index in [-0.39, 0.29) is 16.8 Å². The molecular formula is C12H18O4. The zero-order valence-corrected chi connectivity index (χ0v) is 10.2. The maximum Gasteiger partial charge on any atom is 0.313 e. The Kier molecular flexibility index (Phi) is 1.99. The lowest BCUT2D eigenvalue weighted by Gasteiger charge is -2.63. The maximum absolute atomic E-state index is 12.0. The molecule has 0 heterocycles. The molecule has 0 radical (unpaired) electrons. The first kappa shape index (κ1) is 11.4. The van der Waals surface area contributed by atoms with E-state index >= 15 is 0 Å². The Morgan fingerprint density at radius 1 is 1.25 bits per heavy atom. The number of fused-ring (bicyclic) bond motifs is 1. The van der Waals surface area contributed by atoms with Gasteiger partial charge in [0.05, 0.1) is 18.4 Å². The number of rotatable bonds is 2. The fourth-order valence-electron chi connectivity index (χ4n) is 4.21. The third kappa shape index (κ3) is 0.803. The van der Waals surface area contributed by atoms with E-state index in [9.17, 15) is 14.7 Å². The van der Waals surface area contributed by atoms with Crippen molar-refractivity contribution in [1.82, 2.24) is 0 Å². The molecule has 1 N–H and O–H groups in total. The molecule has 90 valence electrons. The molecule has 3 atom stereocenters. The Bertz CT molecular complexity index is 373. The SMILES string of the molecule is COC(=O)C12CCC(C)(C1C(=O)O)C2(C)C. The zero-order chi connectivity index (χ0) is 12.4. The second kappa shape index (κ2) is 2.79. The molecule has 3 fully saturated rings. The molecule has 3 saturated carbocycles. The summed E-state index contributed by atoms with van der Waals surface area (Å²) >= 11 is 0. The van der Waals surface area contributed by atoms with Gasteiger partial charge in [-0.05, 0) is 23.7 Å². The van der Waals surface area contributed by atoms with Crippen LogP contribution >= 0.6 is 0 Å². The van der Waals surface area contributed by atoms with Crippen molar-refractivity contribution in [3.63, 3.8) is 0 Å². The highest BCUT2D eigenvalue weighted by molar-refractivity contribution is 5.90. The minimum absolute atomic E-state index is 0.285. The third-order valence-corrected chi connectivity index (χ3v) is 5.51. The predicted octanol–water partition coefficient (Wildman–Crippen LogP) is 1.69. The van der Waals surface area contributed by atoms with Gasteiger partial charge in [0.1, 0.15) is 0 Å². The van der Waals surface area contributed by atoms with Gasteiger partial charge < -0.3 is 9.84 Å². The van der Waals surface area contributed by atoms with Gasteiger partial charge in [0.15, 0.2) is 0 Å². The van der Waals surface area contributed by atoms with E-state index in [0.717, 1.165) is 6.42 Å². The van der Waals surface area contributed by atoms with Crippen LogP contribution in [0.5, 0.6) is 0 Å². The van der Waals surface area contributed by atoms with Crippen LogP contribution in [0.15, 0.2) is 0 Å². The summed E-state index contributed by atoms with van der Waals surface area (Å²) in [5, 5.41) is 9.31. The monoisotopic (exact) mass is 226 g/mol. The lowest BCUT2D eigenvalue weighted by atomic mass is 9.38. The summed E-state index contributed by atoms with van der Waals surface area (Å²) in [5.41, 5.74) is -1.40. The summed E-state index contributed by atoms with van der Waals surface area (Å²) in [5.74, 6) is -1.83. The number of carboxylic acid groups (broad SMARTS) is 1. The van der Waals surface area contributed by atoms with Crippen LogP contribution < -0.4 is 0 Å². The molecule has 0 aromatic carbocycles. The highest BCUT2D eigenvalue weighted by Crippen LogP contribution is 2.81. The molecule has 0 aromatic rings. The molecule has 3 aliphatic rings. The normalized spacial score (nSPS) is 43.6. The van der Waals surface area contributed by atoms with Crippen LogP contribution in [-0.4, -0.2) is 24.2 Å². The van der Waals surface area contributed by atoms with E-state index in [4.69, 9.17) is 4.74 Å². The number of carbonyl (C=O) groups excluding carboxylic acids is 1. The van der Waals surface area contributed by atoms with Crippen molar-refractivity contribution in [3.8, 4) is 0 Å². The van der Waals surface area contributed by atoms with Gasteiger partial charge in [-0.25, -0.2) is 0 Å². The van der Waals surface area contributed by atoms with Crippen molar-refractivity contribution in [2.75, 3.05) is 7.11 Å². The molecule has 0 spiro atoms. The second-order valence-electron chi connectivity index (χ2n) is 5.78. The smallest absolute Gasteiger partial charge is 0.313 e. The summed E-state index contributed by atoms with van der Waals surface area (Å²) in [6.07, 6.45) is 1.41. The summed E-state index contributed by atoms with van der Waals surface area (Å²) < 4.78 is 4.83. The lowest BCUT2D eigenvalue weighted by Crippen LogP contribution is -2.68. The Hall–Kier alpha value is -1.06. The topological polar surface area (TPSA) is 63.6 Å². The lowest BCUT2D eigenvalue weighted by molar-refractivity contribution is -0.226. The number of methoxy groups -OCH3 is 1. The largest absolute Gasteiger partial charge is 0.481 e. The van der Waals surface area contributed by atoms with E-state index in [0.29, 0.717) is 6.42 Å². The number of carbonyl (C=O) groups is 2. The minimum Gasteiger partial charge on any atom is -0.481 e.